The Hall–Kier alpha value is -1.27. The number of nitro benzene ring substituents is 1. The quantitative estimate of drug-likeness (QED) is 0.669. The highest BCUT2D eigenvalue weighted by molar-refractivity contribution is 7.99. The van der Waals surface area contributed by atoms with Crippen LogP contribution in [0.4, 0.5) is 11.4 Å². The minimum absolute atomic E-state index is 0.162. The second kappa shape index (κ2) is 5.58. The third-order valence-corrected chi connectivity index (χ3v) is 3.99. The van der Waals surface area contributed by atoms with Crippen LogP contribution in [0.3, 0.4) is 0 Å². The van der Waals surface area contributed by atoms with Gasteiger partial charge in [-0.25, -0.2) is 0 Å². The standard InChI is InChI=1S/C12H17N3O2S/c1-9(13)4-5-14-6-7-18-12-8-10(15(16)17)2-3-11(12)14/h2-3,8-9H,4-7,13H2,1H3. The Morgan fingerprint density at radius 3 is 3.06 bits per heavy atom. The molecule has 1 aliphatic heterocycles. The van der Waals surface area contributed by atoms with Gasteiger partial charge < -0.3 is 10.6 Å². The number of nitrogens with zero attached hydrogens (tertiary/aromatic N) is 2. The van der Waals surface area contributed by atoms with Crippen molar-refractivity contribution in [3.63, 3.8) is 0 Å². The Morgan fingerprint density at radius 2 is 2.39 bits per heavy atom. The molecule has 1 aromatic carbocycles. The number of benzene rings is 1. The minimum atomic E-state index is -0.345. The van der Waals surface area contributed by atoms with Crippen molar-refractivity contribution in [1.29, 1.82) is 0 Å². The van der Waals surface area contributed by atoms with Gasteiger partial charge in [-0.15, -0.1) is 11.8 Å². The largest absolute Gasteiger partial charge is 0.370 e. The summed E-state index contributed by atoms with van der Waals surface area (Å²) in [4.78, 5) is 13.7. The van der Waals surface area contributed by atoms with Crippen LogP contribution in [-0.4, -0.2) is 29.8 Å². The first-order valence-electron chi connectivity index (χ1n) is 5.99. The van der Waals surface area contributed by atoms with E-state index in [1.165, 1.54) is 0 Å². The number of fused-ring (bicyclic) bond motifs is 1. The van der Waals surface area contributed by atoms with Crippen molar-refractivity contribution < 1.29 is 4.92 Å². The van der Waals surface area contributed by atoms with Gasteiger partial charge in [0, 0.05) is 41.9 Å². The topological polar surface area (TPSA) is 72.4 Å². The Kier molecular flexibility index (Phi) is 4.08. The molecule has 2 rings (SSSR count). The van der Waals surface area contributed by atoms with E-state index in [0.29, 0.717) is 0 Å². The summed E-state index contributed by atoms with van der Waals surface area (Å²) in [6.07, 6.45) is 0.932. The van der Waals surface area contributed by atoms with Crippen molar-refractivity contribution >= 4 is 23.1 Å². The van der Waals surface area contributed by atoms with Crippen LogP contribution in [0.2, 0.25) is 0 Å². The number of rotatable bonds is 4. The maximum absolute atomic E-state index is 10.7. The van der Waals surface area contributed by atoms with Crippen LogP contribution in [0.1, 0.15) is 13.3 Å². The van der Waals surface area contributed by atoms with Crippen molar-refractivity contribution in [1.82, 2.24) is 0 Å². The number of hydrogen-bond donors (Lipinski definition) is 1. The molecule has 0 saturated heterocycles. The molecule has 0 bridgehead atoms. The first kappa shape index (κ1) is 13.2. The van der Waals surface area contributed by atoms with Gasteiger partial charge in [-0.2, -0.15) is 0 Å². The molecule has 18 heavy (non-hydrogen) atoms. The van der Waals surface area contributed by atoms with Gasteiger partial charge in [0.15, 0.2) is 0 Å². The summed E-state index contributed by atoms with van der Waals surface area (Å²) in [5.41, 5.74) is 7.03. The molecule has 0 spiro atoms. The van der Waals surface area contributed by atoms with E-state index >= 15 is 0 Å². The normalized spacial score (nSPS) is 16.2. The molecule has 1 atom stereocenters. The molecule has 0 amide bonds. The summed E-state index contributed by atoms with van der Waals surface area (Å²) in [7, 11) is 0. The zero-order valence-corrected chi connectivity index (χ0v) is 11.2. The Bertz CT molecular complexity index is 451. The molecule has 0 saturated carbocycles. The Morgan fingerprint density at radius 1 is 1.61 bits per heavy atom. The van der Waals surface area contributed by atoms with Gasteiger partial charge in [0.25, 0.3) is 5.69 Å². The zero-order valence-electron chi connectivity index (χ0n) is 10.3. The number of non-ortho nitro benzene ring substituents is 1. The van der Waals surface area contributed by atoms with Crippen molar-refractivity contribution in [3.8, 4) is 0 Å². The van der Waals surface area contributed by atoms with Crippen LogP contribution in [0.5, 0.6) is 0 Å². The monoisotopic (exact) mass is 267 g/mol. The molecule has 2 N–H and O–H groups in total. The van der Waals surface area contributed by atoms with Crippen molar-refractivity contribution in [2.24, 2.45) is 5.73 Å². The molecule has 1 unspecified atom stereocenters. The molecule has 0 aromatic heterocycles. The number of nitrogens with two attached hydrogens (primary N) is 1. The lowest BCUT2D eigenvalue weighted by molar-refractivity contribution is -0.385. The van der Waals surface area contributed by atoms with E-state index in [4.69, 9.17) is 5.73 Å². The van der Waals surface area contributed by atoms with Crippen molar-refractivity contribution in [2.75, 3.05) is 23.7 Å². The third kappa shape index (κ3) is 2.94. The molecule has 6 heteroatoms. The lowest BCUT2D eigenvalue weighted by Gasteiger charge is -2.31. The average Bonchev–Trinajstić information content (AvgIpc) is 2.35. The second-order valence-electron chi connectivity index (χ2n) is 4.51. The molecular weight excluding hydrogens is 250 g/mol. The summed E-state index contributed by atoms with van der Waals surface area (Å²) >= 11 is 1.68. The van der Waals surface area contributed by atoms with E-state index in [-0.39, 0.29) is 16.7 Å². The summed E-state index contributed by atoms with van der Waals surface area (Å²) in [5.74, 6) is 0.965. The summed E-state index contributed by atoms with van der Waals surface area (Å²) in [6.45, 7) is 3.88. The summed E-state index contributed by atoms with van der Waals surface area (Å²) in [5, 5.41) is 10.7. The van der Waals surface area contributed by atoms with Crippen molar-refractivity contribution in [3.05, 3.63) is 28.3 Å². The van der Waals surface area contributed by atoms with Crippen LogP contribution in [-0.2, 0) is 0 Å². The number of hydrogen-bond acceptors (Lipinski definition) is 5. The maximum atomic E-state index is 10.7. The minimum Gasteiger partial charge on any atom is -0.370 e. The van der Waals surface area contributed by atoms with Crippen LogP contribution in [0.15, 0.2) is 23.1 Å². The molecule has 1 aromatic rings. The van der Waals surface area contributed by atoms with Gasteiger partial charge >= 0.3 is 0 Å². The lowest BCUT2D eigenvalue weighted by atomic mass is 10.2. The van der Waals surface area contributed by atoms with E-state index < -0.39 is 0 Å². The van der Waals surface area contributed by atoms with Gasteiger partial charge in [0.05, 0.1) is 10.6 Å². The summed E-state index contributed by atoms with van der Waals surface area (Å²) in [6, 6.07) is 5.27. The SMILES string of the molecule is CC(N)CCN1CCSc2cc([N+](=O)[O-])ccc21. The van der Waals surface area contributed by atoms with Crippen LogP contribution >= 0.6 is 11.8 Å². The molecule has 0 aliphatic carbocycles. The van der Waals surface area contributed by atoms with Gasteiger partial charge in [0.2, 0.25) is 0 Å². The fourth-order valence-electron chi connectivity index (χ4n) is 1.97. The number of anilines is 1. The first-order valence-corrected chi connectivity index (χ1v) is 6.98. The molecule has 5 nitrogen and oxygen atoms in total. The number of thioether (sulfide) groups is 1. The summed E-state index contributed by atoms with van der Waals surface area (Å²) < 4.78 is 0. The van der Waals surface area contributed by atoms with E-state index in [2.05, 4.69) is 4.90 Å². The third-order valence-electron chi connectivity index (χ3n) is 2.97. The highest BCUT2D eigenvalue weighted by atomic mass is 32.2. The smallest absolute Gasteiger partial charge is 0.270 e. The predicted molar refractivity (Wildman–Crippen MR) is 74.3 cm³/mol. The highest BCUT2D eigenvalue weighted by Crippen LogP contribution is 2.37. The van der Waals surface area contributed by atoms with E-state index in [1.807, 2.05) is 13.0 Å². The van der Waals surface area contributed by atoms with Crippen LogP contribution in [0.25, 0.3) is 0 Å². The van der Waals surface area contributed by atoms with E-state index in [0.717, 1.165) is 35.8 Å². The van der Waals surface area contributed by atoms with Crippen molar-refractivity contribution in [2.45, 2.75) is 24.3 Å². The molecule has 0 radical (unpaired) electrons. The Balaban J connectivity index is 2.19. The lowest BCUT2D eigenvalue weighted by Crippen LogP contribution is -2.33. The zero-order chi connectivity index (χ0) is 13.1. The van der Waals surface area contributed by atoms with Crippen LogP contribution < -0.4 is 10.6 Å². The fraction of sp³-hybridized carbons (Fsp3) is 0.500. The van der Waals surface area contributed by atoms with Gasteiger partial charge in [-0.1, -0.05) is 0 Å². The molecule has 0 fully saturated rings. The second-order valence-corrected chi connectivity index (χ2v) is 5.65. The van der Waals surface area contributed by atoms with Crippen LogP contribution in [0, 0.1) is 10.1 Å². The average molecular weight is 267 g/mol. The highest BCUT2D eigenvalue weighted by Gasteiger charge is 2.20. The van der Waals surface area contributed by atoms with E-state index in [1.54, 1.807) is 23.9 Å². The molecule has 98 valence electrons. The van der Waals surface area contributed by atoms with Gasteiger partial charge in [0.1, 0.15) is 0 Å². The molecule has 1 heterocycles. The predicted octanol–water partition coefficient (Wildman–Crippen LogP) is 2.24. The van der Waals surface area contributed by atoms with E-state index in [9.17, 15) is 10.1 Å². The molecular formula is C12H17N3O2S. The maximum Gasteiger partial charge on any atom is 0.270 e. The fourth-order valence-corrected chi connectivity index (χ4v) is 3.05. The Labute approximate surface area is 110 Å². The van der Waals surface area contributed by atoms with Gasteiger partial charge in [-0.05, 0) is 19.4 Å². The van der Waals surface area contributed by atoms with Gasteiger partial charge in [-0.3, -0.25) is 10.1 Å². The molecule has 1 aliphatic rings. The number of nitro groups is 1. The first-order chi connectivity index (χ1) is 8.58.